The molecule has 1 aromatic carbocycles. The van der Waals surface area contributed by atoms with Gasteiger partial charge in [-0.1, -0.05) is 18.2 Å². The van der Waals surface area contributed by atoms with E-state index in [0.717, 1.165) is 5.56 Å². The Hall–Kier alpha value is -2.01. The Kier molecular flexibility index (Phi) is 3.53. The number of nitrogens with zero attached hydrogens (tertiary/aromatic N) is 2. The van der Waals surface area contributed by atoms with Crippen molar-refractivity contribution < 1.29 is 4.79 Å². The van der Waals surface area contributed by atoms with Crippen molar-refractivity contribution in [2.45, 2.75) is 6.92 Å². The fraction of sp³-hybridized carbons (Fsp3) is 0.154. The van der Waals surface area contributed by atoms with Crippen LogP contribution in [-0.4, -0.2) is 15.5 Å². The van der Waals surface area contributed by atoms with Crippen LogP contribution in [0.25, 0.3) is 0 Å². The maximum Gasteiger partial charge on any atom is 0.256 e. The van der Waals surface area contributed by atoms with E-state index >= 15 is 0 Å². The van der Waals surface area contributed by atoms with Gasteiger partial charge in [0.2, 0.25) is 4.77 Å². The summed E-state index contributed by atoms with van der Waals surface area (Å²) in [6.45, 7) is 1.88. The zero-order valence-electron chi connectivity index (χ0n) is 10.2. The number of nitrogens with one attached hydrogen (secondary N) is 1. The molecule has 1 heterocycles. The largest absolute Gasteiger partial charge is 0.326 e. The first-order valence-corrected chi connectivity index (χ1v) is 5.89. The molecule has 2 aromatic rings. The van der Waals surface area contributed by atoms with E-state index in [1.807, 2.05) is 38.4 Å². The highest BCUT2D eigenvalue weighted by Crippen LogP contribution is 2.11. The van der Waals surface area contributed by atoms with Gasteiger partial charge in [-0.25, -0.2) is 4.98 Å². The number of aryl methyl sites for hydroxylation is 2. The van der Waals surface area contributed by atoms with Crippen LogP contribution in [0.2, 0.25) is 0 Å². The van der Waals surface area contributed by atoms with Crippen molar-refractivity contribution in [1.82, 2.24) is 9.55 Å². The maximum absolute atomic E-state index is 12.0. The van der Waals surface area contributed by atoms with Crippen LogP contribution in [0.1, 0.15) is 15.9 Å². The third-order valence-electron chi connectivity index (χ3n) is 2.54. The van der Waals surface area contributed by atoms with Crippen molar-refractivity contribution in [3.05, 3.63) is 52.4 Å². The molecule has 1 amide bonds. The lowest BCUT2D eigenvalue weighted by Gasteiger charge is -2.09. The molecule has 5 heteroatoms. The molecular formula is C13H13N3OS. The Balaban J connectivity index is 2.28. The first-order valence-electron chi connectivity index (χ1n) is 5.48. The maximum atomic E-state index is 12.0. The molecule has 92 valence electrons. The third kappa shape index (κ3) is 2.62. The predicted octanol–water partition coefficient (Wildman–Crippen LogP) is 2.71. The second-order valence-electron chi connectivity index (χ2n) is 3.99. The van der Waals surface area contributed by atoms with E-state index in [1.165, 1.54) is 0 Å². The van der Waals surface area contributed by atoms with Crippen LogP contribution < -0.4 is 5.32 Å². The summed E-state index contributed by atoms with van der Waals surface area (Å²) in [5, 5.41) is 2.76. The molecule has 0 radical (unpaired) electrons. The quantitative estimate of drug-likeness (QED) is 0.843. The molecule has 0 saturated heterocycles. The lowest BCUT2D eigenvalue weighted by molar-refractivity contribution is 0.102. The van der Waals surface area contributed by atoms with Crippen LogP contribution in [0.5, 0.6) is 0 Å². The van der Waals surface area contributed by atoms with Crippen molar-refractivity contribution in [3.8, 4) is 0 Å². The van der Waals surface area contributed by atoms with Crippen LogP contribution in [0.15, 0.2) is 36.5 Å². The van der Waals surface area contributed by atoms with Crippen molar-refractivity contribution >= 4 is 23.9 Å². The van der Waals surface area contributed by atoms with Gasteiger partial charge < -0.3 is 9.88 Å². The third-order valence-corrected chi connectivity index (χ3v) is 2.92. The summed E-state index contributed by atoms with van der Waals surface area (Å²) in [6.07, 6.45) is 1.84. The molecule has 0 aliphatic rings. The van der Waals surface area contributed by atoms with E-state index in [-0.39, 0.29) is 5.91 Å². The van der Waals surface area contributed by atoms with E-state index < -0.39 is 0 Å². The van der Waals surface area contributed by atoms with Crippen LogP contribution in [0.4, 0.5) is 5.82 Å². The van der Waals surface area contributed by atoms with Crippen LogP contribution >= 0.6 is 12.2 Å². The summed E-state index contributed by atoms with van der Waals surface area (Å²) in [5.74, 6) is 0.321. The zero-order chi connectivity index (χ0) is 13.1. The first kappa shape index (κ1) is 12.4. The fourth-order valence-electron chi connectivity index (χ4n) is 1.57. The highest BCUT2D eigenvalue weighted by molar-refractivity contribution is 7.71. The number of carbonyl (C=O) groups excluding carboxylic acids is 1. The van der Waals surface area contributed by atoms with Gasteiger partial charge >= 0.3 is 0 Å². The number of anilines is 1. The molecule has 2 rings (SSSR count). The lowest BCUT2D eigenvalue weighted by atomic mass is 10.2. The number of benzene rings is 1. The SMILES string of the molecule is Cc1cn(C)c(=S)nc1NC(=O)c1ccccc1. The molecular weight excluding hydrogens is 246 g/mol. The van der Waals surface area contributed by atoms with E-state index in [2.05, 4.69) is 10.3 Å². The molecule has 1 N–H and O–H groups in total. The molecule has 0 fully saturated rings. The molecule has 0 atom stereocenters. The first-order chi connectivity index (χ1) is 8.58. The van der Waals surface area contributed by atoms with Crippen molar-refractivity contribution in [3.63, 3.8) is 0 Å². The van der Waals surface area contributed by atoms with E-state index in [0.29, 0.717) is 16.2 Å². The van der Waals surface area contributed by atoms with Crippen molar-refractivity contribution in [1.29, 1.82) is 0 Å². The molecule has 0 unspecified atom stereocenters. The standard InChI is InChI=1S/C13H13N3OS/c1-9-8-16(2)13(18)15-11(9)14-12(17)10-6-4-3-5-7-10/h3-8H,1-2H3,(H,14,15,17,18). The van der Waals surface area contributed by atoms with Crippen LogP contribution in [-0.2, 0) is 7.05 Å². The lowest BCUT2D eigenvalue weighted by Crippen LogP contribution is -2.15. The fourth-order valence-corrected chi connectivity index (χ4v) is 1.71. The van der Waals surface area contributed by atoms with Crippen LogP contribution in [0, 0.1) is 11.7 Å². The van der Waals surface area contributed by atoms with E-state index in [1.54, 1.807) is 16.7 Å². The Morgan fingerprint density at radius 3 is 2.67 bits per heavy atom. The van der Waals surface area contributed by atoms with Gasteiger partial charge in [0.05, 0.1) is 0 Å². The molecule has 0 aliphatic carbocycles. The highest BCUT2D eigenvalue weighted by atomic mass is 32.1. The minimum Gasteiger partial charge on any atom is -0.326 e. The summed E-state index contributed by atoms with van der Waals surface area (Å²) in [4.78, 5) is 16.2. The number of hydrogen-bond acceptors (Lipinski definition) is 3. The summed E-state index contributed by atoms with van der Waals surface area (Å²) in [7, 11) is 1.82. The second kappa shape index (κ2) is 5.10. The number of aromatic nitrogens is 2. The monoisotopic (exact) mass is 259 g/mol. The molecule has 0 aliphatic heterocycles. The van der Waals surface area contributed by atoms with Gasteiger partial charge in [-0.2, -0.15) is 0 Å². The molecule has 4 nitrogen and oxygen atoms in total. The summed E-state index contributed by atoms with van der Waals surface area (Å²) < 4.78 is 2.17. The molecule has 0 bridgehead atoms. The van der Waals surface area contributed by atoms with Gasteiger partial charge in [-0.05, 0) is 31.3 Å². The number of carbonyl (C=O) groups is 1. The van der Waals surface area contributed by atoms with Gasteiger partial charge in [0.25, 0.3) is 5.91 Å². The second-order valence-corrected chi connectivity index (χ2v) is 4.35. The van der Waals surface area contributed by atoms with Crippen LogP contribution in [0.3, 0.4) is 0 Å². The zero-order valence-corrected chi connectivity index (χ0v) is 11.0. The van der Waals surface area contributed by atoms with Crippen molar-refractivity contribution in [2.75, 3.05) is 5.32 Å². The van der Waals surface area contributed by atoms with Gasteiger partial charge in [-0.15, -0.1) is 0 Å². The van der Waals surface area contributed by atoms with E-state index in [4.69, 9.17) is 12.2 Å². The topological polar surface area (TPSA) is 46.9 Å². The average Bonchev–Trinajstić information content (AvgIpc) is 2.37. The number of hydrogen-bond donors (Lipinski definition) is 1. The minimum absolute atomic E-state index is 0.186. The molecule has 0 saturated carbocycles. The minimum atomic E-state index is -0.186. The Labute approximate surface area is 110 Å². The van der Waals surface area contributed by atoms with Gasteiger partial charge in [0.1, 0.15) is 5.82 Å². The number of amides is 1. The Bertz CT molecular complexity index is 634. The Morgan fingerprint density at radius 2 is 2.00 bits per heavy atom. The van der Waals surface area contributed by atoms with Crippen molar-refractivity contribution in [2.24, 2.45) is 7.05 Å². The smallest absolute Gasteiger partial charge is 0.256 e. The highest BCUT2D eigenvalue weighted by Gasteiger charge is 2.08. The summed E-state index contributed by atoms with van der Waals surface area (Å²) in [5.41, 5.74) is 1.47. The Morgan fingerprint density at radius 1 is 1.33 bits per heavy atom. The summed E-state index contributed by atoms with van der Waals surface area (Å²) >= 11 is 5.07. The van der Waals surface area contributed by atoms with E-state index in [9.17, 15) is 4.79 Å². The van der Waals surface area contributed by atoms with Gasteiger partial charge in [0, 0.05) is 24.4 Å². The molecule has 0 spiro atoms. The van der Waals surface area contributed by atoms with Gasteiger partial charge in [-0.3, -0.25) is 4.79 Å². The van der Waals surface area contributed by atoms with Gasteiger partial charge in [0.15, 0.2) is 0 Å². The molecule has 1 aromatic heterocycles. The number of rotatable bonds is 2. The summed E-state index contributed by atoms with van der Waals surface area (Å²) in [6, 6.07) is 9.01. The predicted molar refractivity (Wildman–Crippen MR) is 73.2 cm³/mol. The normalized spacial score (nSPS) is 10.1. The molecule has 18 heavy (non-hydrogen) atoms. The average molecular weight is 259 g/mol.